The molecule has 0 unspecified atom stereocenters. The molecule has 0 aromatic heterocycles. The number of hydrogen-bond donors (Lipinski definition) is 1. The summed E-state index contributed by atoms with van der Waals surface area (Å²) in [6.45, 7) is 9.29. The predicted octanol–water partition coefficient (Wildman–Crippen LogP) is 2.93. The zero-order chi connectivity index (χ0) is 24.1. The van der Waals surface area contributed by atoms with E-state index in [2.05, 4.69) is 5.32 Å². The van der Waals surface area contributed by atoms with E-state index >= 15 is 0 Å². The fourth-order valence-electron chi connectivity index (χ4n) is 3.69. The summed E-state index contributed by atoms with van der Waals surface area (Å²) in [5.41, 5.74) is 3.90. The number of rotatable bonds is 9. The standard InChI is InChI=1S/C24H33N3O4S/c1-7-25-24(29)20(5)26(15-21-13-8-10-17(2)14-21)22(28)16-27(32(6,30)31)23-18(3)11-9-12-19(23)4/h8-14,20H,7,15-16H2,1-6H3,(H,25,29)/t20-/m0/s1. The normalized spacial score (nSPS) is 12.2. The number of anilines is 1. The molecule has 0 heterocycles. The Morgan fingerprint density at radius 3 is 2.16 bits per heavy atom. The molecule has 0 spiro atoms. The number of nitrogens with zero attached hydrogens (tertiary/aromatic N) is 2. The van der Waals surface area contributed by atoms with E-state index in [1.54, 1.807) is 6.92 Å². The Morgan fingerprint density at radius 2 is 1.62 bits per heavy atom. The molecule has 2 aromatic rings. The van der Waals surface area contributed by atoms with Crippen molar-refractivity contribution in [1.29, 1.82) is 0 Å². The van der Waals surface area contributed by atoms with Gasteiger partial charge in [-0.25, -0.2) is 8.42 Å². The van der Waals surface area contributed by atoms with E-state index in [1.165, 1.54) is 4.90 Å². The van der Waals surface area contributed by atoms with Gasteiger partial charge in [0.2, 0.25) is 21.8 Å². The quantitative estimate of drug-likeness (QED) is 0.625. The number of carbonyl (C=O) groups excluding carboxylic acids is 2. The molecule has 0 saturated heterocycles. The van der Waals surface area contributed by atoms with E-state index < -0.39 is 22.0 Å². The van der Waals surface area contributed by atoms with E-state index in [0.29, 0.717) is 12.2 Å². The van der Waals surface area contributed by atoms with Gasteiger partial charge in [0.05, 0.1) is 11.9 Å². The average Bonchev–Trinajstić information content (AvgIpc) is 2.70. The molecule has 0 fully saturated rings. The highest BCUT2D eigenvalue weighted by Gasteiger charge is 2.30. The number of para-hydroxylation sites is 1. The Hall–Kier alpha value is -2.87. The third kappa shape index (κ3) is 6.32. The highest BCUT2D eigenvalue weighted by molar-refractivity contribution is 7.92. The second-order valence-corrected chi connectivity index (χ2v) is 10.00. The van der Waals surface area contributed by atoms with Crippen LogP contribution in [-0.2, 0) is 26.2 Å². The van der Waals surface area contributed by atoms with Crippen molar-refractivity contribution in [1.82, 2.24) is 10.2 Å². The molecule has 1 atom stereocenters. The van der Waals surface area contributed by atoms with Crippen molar-refractivity contribution in [3.05, 3.63) is 64.7 Å². The molecule has 0 aliphatic carbocycles. The summed E-state index contributed by atoms with van der Waals surface area (Å²) < 4.78 is 26.5. The number of sulfonamides is 1. The number of benzene rings is 2. The summed E-state index contributed by atoms with van der Waals surface area (Å²) in [5, 5.41) is 2.75. The summed E-state index contributed by atoms with van der Waals surface area (Å²) >= 11 is 0. The molecular formula is C24H33N3O4S. The Balaban J connectivity index is 2.45. The van der Waals surface area contributed by atoms with Crippen LogP contribution < -0.4 is 9.62 Å². The van der Waals surface area contributed by atoms with Crippen molar-refractivity contribution in [2.45, 2.75) is 47.2 Å². The van der Waals surface area contributed by atoms with Gasteiger partial charge in [0.25, 0.3) is 0 Å². The second-order valence-electron chi connectivity index (χ2n) is 8.09. The van der Waals surface area contributed by atoms with Gasteiger partial charge in [0.1, 0.15) is 12.6 Å². The van der Waals surface area contributed by atoms with Crippen LogP contribution in [0.25, 0.3) is 0 Å². The van der Waals surface area contributed by atoms with E-state index in [-0.39, 0.29) is 19.0 Å². The molecular weight excluding hydrogens is 426 g/mol. The van der Waals surface area contributed by atoms with Gasteiger partial charge in [-0.2, -0.15) is 0 Å². The topological polar surface area (TPSA) is 86.8 Å². The highest BCUT2D eigenvalue weighted by atomic mass is 32.2. The van der Waals surface area contributed by atoms with Crippen molar-refractivity contribution in [2.24, 2.45) is 0 Å². The first kappa shape index (κ1) is 25.4. The zero-order valence-corrected chi connectivity index (χ0v) is 20.5. The first-order chi connectivity index (χ1) is 15.0. The van der Waals surface area contributed by atoms with Crippen LogP contribution in [0, 0.1) is 20.8 Å². The summed E-state index contributed by atoms with van der Waals surface area (Å²) in [4.78, 5) is 27.5. The first-order valence-corrected chi connectivity index (χ1v) is 12.5. The molecule has 0 bridgehead atoms. The summed E-state index contributed by atoms with van der Waals surface area (Å²) in [5.74, 6) is -0.732. The van der Waals surface area contributed by atoms with E-state index in [0.717, 1.165) is 32.8 Å². The Bertz CT molecular complexity index is 1060. The molecule has 8 heteroatoms. The van der Waals surface area contributed by atoms with Gasteiger partial charge in [0, 0.05) is 13.1 Å². The minimum atomic E-state index is -3.74. The van der Waals surface area contributed by atoms with Gasteiger partial charge in [0.15, 0.2) is 0 Å². The Morgan fingerprint density at radius 1 is 1.03 bits per heavy atom. The molecule has 0 aliphatic rings. The molecule has 0 radical (unpaired) electrons. The number of likely N-dealkylation sites (N-methyl/N-ethyl adjacent to an activating group) is 1. The van der Waals surface area contributed by atoms with Gasteiger partial charge in [-0.1, -0.05) is 48.0 Å². The van der Waals surface area contributed by atoms with Crippen molar-refractivity contribution >= 4 is 27.5 Å². The number of hydrogen-bond acceptors (Lipinski definition) is 4. The van der Waals surface area contributed by atoms with E-state index in [1.807, 2.05) is 70.2 Å². The summed E-state index contributed by atoms with van der Waals surface area (Å²) in [6, 6.07) is 12.4. The number of amides is 2. The molecule has 0 saturated carbocycles. The third-order valence-electron chi connectivity index (χ3n) is 5.32. The fourth-order valence-corrected chi connectivity index (χ4v) is 4.65. The molecule has 7 nitrogen and oxygen atoms in total. The van der Waals surface area contributed by atoms with E-state index in [9.17, 15) is 18.0 Å². The third-order valence-corrected chi connectivity index (χ3v) is 6.43. The van der Waals surface area contributed by atoms with Crippen LogP contribution in [0.4, 0.5) is 5.69 Å². The second kappa shape index (κ2) is 10.6. The molecule has 2 amide bonds. The van der Waals surface area contributed by atoms with Crippen molar-refractivity contribution < 1.29 is 18.0 Å². The molecule has 1 N–H and O–H groups in total. The maximum Gasteiger partial charge on any atom is 0.244 e. The van der Waals surface area contributed by atoms with Crippen molar-refractivity contribution in [3.8, 4) is 0 Å². The van der Waals surface area contributed by atoms with Crippen LogP contribution in [0.2, 0.25) is 0 Å². The van der Waals surface area contributed by atoms with Gasteiger partial charge in [-0.05, 0) is 51.3 Å². The van der Waals surface area contributed by atoms with Crippen LogP contribution >= 0.6 is 0 Å². The number of carbonyl (C=O) groups is 2. The predicted molar refractivity (Wildman–Crippen MR) is 128 cm³/mol. The maximum absolute atomic E-state index is 13.5. The Labute approximate surface area is 191 Å². The maximum atomic E-state index is 13.5. The van der Waals surface area contributed by atoms with E-state index in [4.69, 9.17) is 0 Å². The number of aryl methyl sites for hydroxylation is 3. The van der Waals surface area contributed by atoms with Gasteiger partial charge >= 0.3 is 0 Å². The molecule has 2 aromatic carbocycles. The molecule has 2 rings (SSSR count). The highest BCUT2D eigenvalue weighted by Crippen LogP contribution is 2.27. The van der Waals surface area contributed by atoms with Crippen LogP contribution in [0.1, 0.15) is 36.1 Å². The zero-order valence-electron chi connectivity index (χ0n) is 19.7. The van der Waals surface area contributed by atoms with Gasteiger partial charge in [-0.15, -0.1) is 0 Å². The molecule has 0 aliphatic heterocycles. The van der Waals surface area contributed by atoms with Crippen molar-refractivity contribution in [3.63, 3.8) is 0 Å². The fraction of sp³-hybridized carbons (Fsp3) is 0.417. The van der Waals surface area contributed by atoms with Crippen LogP contribution in [-0.4, -0.2) is 50.5 Å². The lowest BCUT2D eigenvalue weighted by Crippen LogP contribution is -2.51. The lowest BCUT2D eigenvalue weighted by atomic mass is 10.1. The monoisotopic (exact) mass is 459 g/mol. The largest absolute Gasteiger partial charge is 0.355 e. The summed E-state index contributed by atoms with van der Waals surface area (Å²) in [6.07, 6.45) is 1.09. The van der Waals surface area contributed by atoms with Crippen LogP contribution in [0.15, 0.2) is 42.5 Å². The minimum Gasteiger partial charge on any atom is -0.355 e. The smallest absolute Gasteiger partial charge is 0.244 e. The summed E-state index contributed by atoms with van der Waals surface area (Å²) in [7, 11) is -3.74. The van der Waals surface area contributed by atoms with Gasteiger partial charge < -0.3 is 10.2 Å². The lowest BCUT2D eigenvalue weighted by Gasteiger charge is -2.32. The number of nitrogens with one attached hydrogen (secondary N) is 1. The average molecular weight is 460 g/mol. The van der Waals surface area contributed by atoms with Gasteiger partial charge in [-0.3, -0.25) is 13.9 Å². The first-order valence-electron chi connectivity index (χ1n) is 10.6. The SMILES string of the molecule is CCNC(=O)[C@H](C)N(Cc1cccc(C)c1)C(=O)CN(c1c(C)cccc1C)S(C)(=O)=O. The lowest BCUT2D eigenvalue weighted by molar-refractivity contribution is -0.139. The van der Waals surface area contributed by atoms with Crippen LogP contribution in [0.3, 0.4) is 0 Å². The molecule has 174 valence electrons. The Kier molecular flexibility index (Phi) is 8.44. The minimum absolute atomic E-state index is 0.198. The van der Waals surface area contributed by atoms with Crippen LogP contribution in [0.5, 0.6) is 0 Å². The molecule has 32 heavy (non-hydrogen) atoms. The van der Waals surface area contributed by atoms with Crippen molar-refractivity contribution in [2.75, 3.05) is 23.7 Å².